The van der Waals surface area contributed by atoms with Gasteiger partial charge in [-0.25, -0.2) is 4.98 Å². The Hall–Kier alpha value is -1.35. The Morgan fingerprint density at radius 2 is 2.07 bits per heavy atom. The molecule has 0 saturated heterocycles. The van der Waals surface area contributed by atoms with E-state index in [9.17, 15) is 0 Å². The van der Waals surface area contributed by atoms with E-state index in [0.717, 1.165) is 11.7 Å². The summed E-state index contributed by atoms with van der Waals surface area (Å²) < 4.78 is 0. The second-order valence-electron chi connectivity index (χ2n) is 3.16. The summed E-state index contributed by atoms with van der Waals surface area (Å²) in [5.41, 5.74) is 1.31. The van der Waals surface area contributed by atoms with Crippen LogP contribution in [0.15, 0.2) is 41.9 Å². The Labute approximate surface area is 87.8 Å². The van der Waals surface area contributed by atoms with Crippen molar-refractivity contribution in [1.29, 1.82) is 0 Å². The van der Waals surface area contributed by atoms with Crippen LogP contribution in [-0.2, 0) is 6.54 Å². The summed E-state index contributed by atoms with van der Waals surface area (Å²) in [5, 5.41) is 3.06. The molecule has 0 N–H and O–H groups in total. The number of benzene rings is 1. The summed E-state index contributed by atoms with van der Waals surface area (Å²) in [6.07, 6.45) is 1.83. The van der Waals surface area contributed by atoms with Crippen molar-refractivity contribution < 1.29 is 0 Å². The van der Waals surface area contributed by atoms with E-state index in [1.807, 2.05) is 17.6 Å². The lowest BCUT2D eigenvalue weighted by Gasteiger charge is -2.15. The Morgan fingerprint density at radius 1 is 1.29 bits per heavy atom. The summed E-state index contributed by atoms with van der Waals surface area (Å²) in [6, 6.07) is 10.4. The molecule has 0 radical (unpaired) electrons. The zero-order chi connectivity index (χ0) is 9.80. The summed E-state index contributed by atoms with van der Waals surface area (Å²) in [5.74, 6) is 0. The second-order valence-corrected chi connectivity index (χ2v) is 4.03. The number of rotatable bonds is 3. The van der Waals surface area contributed by atoms with Crippen LogP contribution in [0.4, 0.5) is 5.13 Å². The fourth-order valence-electron chi connectivity index (χ4n) is 1.33. The van der Waals surface area contributed by atoms with Crippen molar-refractivity contribution in [2.24, 2.45) is 0 Å². The maximum atomic E-state index is 4.26. The predicted molar refractivity (Wildman–Crippen MR) is 60.7 cm³/mol. The van der Waals surface area contributed by atoms with Crippen LogP contribution < -0.4 is 4.90 Å². The summed E-state index contributed by atoms with van der Waals surface area (Å²) in [7, 11) is 2.06. The molecule has 0 fully saturated rings. The topological polar surface area (TPSA) is 16.1 Å². The monoisotopic (exact) mass is 204 g/mol. The highest BCUT2D eigenvalue weighted by Gasteiger charge is 2.02. The highest BCUT2D eigenvalue weighted by atomic mass is 32.1. The van der Waals surface area contributed by atoms with E-state index in [0.29, 0.717) is 0 Å². The predicted octanol–water partition coefficient (Wildman–Crippen LogP) is 2.78. The lowest BCUT2D eigenvalue weighted by Crippen LogP contribution is -2.15. The van der Waals surface area contributed by atoms with Crippen LogP contribution in [0.25, 0.3) is 0 Å². The van der Waals surface area contributed by atoms with Gasteiger partial charge >= 0.3 is 0 Å². The molecule has 2 nitrogen and oxygen atoms in total. The van der Waals surface area contributed by atoms with Crippen molar-refractivity contribution in [3.05, 3.63) is 47.5 Å². The minimum absolute atomic E-state index is 0.911. The lowest BCUT2D eigenvalue weighted by molar-refractivity contribution is 0.915. The third kappa shape index (κ3) is 2.12. The van der Waals surface area contributed by atoms with Crippen molar-refractivity contribution in [3.63, 3.8) is 0 Å². The molecule has 0 aliphatic heterocycles. The first-order valence-corrected chi connectivity index (χ1v) is 5.39. The van der Waals surface area contributed by atoms with Crippen LogP contribution in [0.1, 0.15) is 5.56 Å². The van der Waals surface area contributed by atoms with Crippen LogP contribution in [0.2, 0.25) is 0 Å². The quantitative estimate of drug-likeness (QED) is 0.764. The molecule has 1 aromatic heterocycles. The molecule has 0 amide bonds. The molecule has 3 heteroatoms. The Bertz CT molecular complexity index is 369. The molecular formula is C11H12N2S. The van der Waals surface area contributed by atoms with Gasteiger partial charge in [-0.3, -0.25) is 0 Å². The average molecular weight is 204 g/mol. The van der Waals surface area contributed by atoms with E-state index >= 15 is 0 Å². The molecule has 0 aliphatic carbocycles. The highest BCUT2D eigenvalue weighted by Crippen LogP contribution is 2.17. The fourth-order valence-corrected chi connectivity index (χ4v) is 1.94. The SMILES string of the molecule is CN(Cc1ccccc1)c1nccs1. The van der Waals surface area contributed by atoms with Crippen LogP contribution in [-0.4, -0.2) is 12.0 Å². The molecule has 1 aromatic carbocycles. The van der Waals surface area contributed by atoms with Crippen molar-refractivity contribution >= 4 is 16.5 Å². The Morgan fingerprint density at radius 3 is 2.71 bits per heavy atom. The van der Waals surface area contributed by atoms with Crippen molar-refractivity contribution in [1.82, 2.24) is 4.98 Å². The average Bonchev–Trinajstić information content (AvgIpc) is 2.72. The molecular weight excluding hydrogens is 192 g/mol. The molecule has 0 aliphatic rings. The lowest BCUT2D eigenvalue weighted by atomic mass is 10.2. The molecule has 0 bridgehead atoms. The molecule has 14 heavy (non-hydrogen) atoms. The maximum Gasteiger partial charge on any atom is 0.185 e. The molecule has 72 valence electrons. The van der Waals surface area contributed by atoms with Crippen LogP contribution in [0.5, 0.6) is 0 Å². The molecule has 1 heterocycles. The Balaban J connectivity index is 2.06. The van der Waals surface area contributed by atoms with Gasteiger partial charge in [0.1, 0.15) is 0 Å². The Kier molecular flexibility index (Phi) is 2.79. The number of nitrogens with zero attached hydrogens (tertiary/aromatic N) is 2. The van der Waals surface area contributed by atoms with Gasteiger partial charge in [-0.05, 0) is 5.56 Å². The van der Waals surface area contributed by atoms with Gasteiger partial charge in [-0.2, -0.15) is 0 Å². The minimum atomic E-state index is 0.911. The smallest absolute Gasteiger partial charge is 0.185 e. The summed E-state index contributed by atoms with van der Waals surface area (Å²) in [4.78, 5) is 6.41. The number of anilines is 1. The van der Waals surface area contributed by atoms with Gasteiger partial charge in [-0.1, -0.05) is 30.3 Å². The van der Waals surface area contributed by atoms with Crippen molar-refractivity contribution in [3.8, 4) is 0 Å². The van der Waals surface area contributed by atoms with Gasteiger partial charge in [-0.15, -0.1) is 11.3 Å². The highest BCUT2D eigenvalue weighted by molar-refractivity contribution is 7.13. The van der Waals surface area contributed by atoms with Gasteiger partial charge in [0.15, 0.2) is 5.13 Å². The zero-order valence-corrected chi connectivity index (χ0v) is 8.87. The minimum Gasteiger partial charge on any atom is -0.347 e. The van der Waals surface area contributed by atoms with E-state index in [1.165, 1.54) is 5.56 Å². The summed E-state index contributed by atoms with van der Waals surface area (Å²) >= 11 is 1.67. The van der Waals surface area contributed by atoms with Gasteiger partial charge in [0.2, 0.25) is 0 Å². The first kappa shape index (κ1) is 9.21. The zero-order valence-electron chi connectivity index (χ0n) is 8.05. The van der Waals surface area contributed by atoms with Crippen molar-refractivity contribution in [2.45, 2.75) is 6.54 Å². The number of hydrogen-bond acceptors (Lipinski definition) is 3. The van der Waals surface area contributed by atoms with Gasteiger partial charge in [0.05, 0.1) is 0 Å². The first-order chi connectivity index (χ1) is 6.86. The fraction of sp³-hybridized carbons (Fsp3) is 0.182. The van der Waals surface area contributed by atoms with E-state index < -0.39 is 0 Å². The number of thiazole rings is 1. The number of aromatic nitrogens is 1. The van der Waals surface area contributed by atoms with E-state index in [4.69, 9.17) is 0 Å². The van der Waals surface area contributed by atoms with Crippen LogP contribution in [0, 0.1) is 0 Å². The molecule has 2 rings (SSSR count). The second kappa shape index (κ2) is 4.24. The van der Waals surface area contributed by atoms with Crippen LogP contribution in [0.3, 0.4) is 0 Å². The van der Waals surface area contributed by atoms with Crippen molar-refractivity contribution in [2.75, 3.05) is 11.9 Å². The van der Waals surface area contributed by atoms with Gasteiger partial charge in [0, 0.05) is 25.2 Å². The third-order valence-corrected chi connectivity index (χ3v) is 2.89. The van der Waals surface area contributed by atoms with Crippen LogP contribution >= 0.6 is 11.3 Å². The molecule has 0 saturated carbocycles. The van der Waals surface area contributed by atoms with Gasteiger partial charge < -0.3 is 4.90 Å². The first-order valence-electron chi connectivity index (χ1n) is 4.51. The standard InChI is InChI=1S/C11H12N2S/c1-13(11-12-7-8-14-11)9-10-5-3-2-4-6-10/h2-8H,9H2,1H3. The normalized spacial score (nSPS) is 10.1. The van der Waals surface area contributed by atoms with E-state index in [2.05, 4.69) is 41.2 Å². The largest absolute Gasteiger partial charge is 0.347 e. The summed E-state index contributed by atoms with van der Waals surface area (Å²) in [6.45, 7) is 0.911. The molecule has 0 spiro atoms. The van der Waals surface area contributed by atoms with Gasteiger partial charge in [0.25, 0.3) is 0 Å². The molecule has 0 atom stereocenters. The molecule has 2 aromatic rings. The third-order valence-electron chi connectivity index (χ3n) is 2.01. The van der Waals surface area contributed by atoms with E-state index in [1.54, 1.807) is 11.3 Å². The number of hydrogen-bond donors (Lipinski definition) is 0. The molecule has 0 unspecified atom stereocenters. The van der Waals surface area contributed by atoms with E-state index in [-0.39, 0.29) is 0 Å². The maximum absolute atomic E-state index is 4.26.